The van der Waals surface area contributed by atoms with Crippen LogP contribution in [0, 0.1) is 12.1 Å². The van der Waals surface area contributed by atoms with Crippen LogP contribution in [0.15, 0.2) is 397 Å². The van der Waals surface area contributed by atoms with E-state index in [-0.39, 0.29) is 20.1 Å². The van der Waals surface area contributed by atoms with Crippen LogP contribution in [0.3, 0.4) is 0 Å². The minimum absolute atomic E-state index is 0. The molecule has 15 aromatic carbocycles. The van der Waals surface area contributed by atoms with Crippen LogP contribution < -0.4 is 0 Å². The second kappa shape index (κ2) is 29.1. The van der Waals surface area contributed by atoms with Crippen LogP contribution in [0.25, 0.3) is 189 Å². The molecule has 0 N–H and O–H groups in total. The first kappa shape index (κ1) is 65.2. The molecule has 497 valence electrons. The van der Waals surface area contributed by atoms with E-state index in [9.17, 15) is 0 Å². The second-order valence-electron chi connectivity index (χ2n) is 25.9. The molecule has 0 bridgehead atoms. The number of hydrogen-bond donors (Lipinski definition) is 0. The average Bonchev–Trinajstić information content (AvgIpc) is 0.823. The van der Waals surface area contributed by atoms with Crippen molar-refractivity contribution >= 4 is 43.9 Å². The molecule has 0 aliphatic carbocycles. The summed E-state index contributed by atoms with van der Waals surface area (Å²) >= 11 is 0. The Kier molecular flexibility index (Phi) is 18.0. The molecule has 0 unspecified atom stereocenters. The van der Waals surface area contributed by atoms with Crippen molar-refractivity contribution in [2.24, 2.45) is 0 Å². The minimum atomic E-state index is 0. The number of pyridine rings is 2. The van der Waals surface area contributed by atoms with E-state index >= 15 is 0 Å². The predicted molar refractivity (Wildman–Crippen MR) is 431 cm³/mol. The molecule has 1 radical (unpaired) electrons. The van der Waals surface area contributed by atoms with Gasteiger partial charge in [0.15, 0.2) is 0 Å². The Morgan fingerprint density at radius 2 is 0.571 bits per heavy atom. The molecule has 4 aromatic heterocycles. The van der Waals surface area contributed by atoms with Crippen LogP contribution in [-0.2, 0) is 20.1 Å². The summed E-state index contributed by atoms with van der Waals surface area (Å²) in [5.41, 5.74) is 31.3. The number of fused-ring (bicyclic) bond motifs is 6. The molecule has 0 aliphatic heterocycles. The van der Waals surface area contributed by atoms with Crippen LogP contribution in [0.4, 0.5) is 0 Å². The zero-order valence-corrected chi connectivity index (χ0v) is 59.4. The standard InChI is InChI=1S/C89H56NO2.C11H8N.Ir/c1-8-26-58(27-9-1)74-56-75(82(67-48-51-72-70-40-22-24-42-77(70)91-79(72)54-67)83(62-30-12-3-13-31-62)81(74)61-28-10-2-11-29-61)59-44-46-60(47-45-59)76-53-50-69(57-90-76)89-87(66-38-20-7-21-39-66)85(64-34-16-5-17-35-64)84(63-32-14-4-15-33-63)86(65-36-18-6-19-37-65)88(89)68-49-52-73-71-41-23-25-43-78(71)92-80(73)55-68;1-2-6-10(7-3-1)11-8-4-5-9-12-11;/h1-46,48-57H;1-6,8-9H;/q2*-1;. The van der Waals surface area contributed by atoms with E-state index in [1.807, 2.05) is 60.7 Å². The van der Waals surface area contributed by atoms with Crippen molar-refractivity contribution in [3.05, 3.63) is 401 Å². The Morgan fingerprint density at radius 3 is 1.01 bits per heavy atom. The van der Waals surface area contributed by atoms with E-state index < -0.39 is 0 Å². The first-order valence-corrected chi connectivity index (χ1v) is 35.2. The van der Waals surface area contributed by atoms with Crippen molar-refractivity contribution in [3.63, 3.8) is 0 Å². The first-order chi connectivity index (χ1) is 51.6. The van der Waals surface area contributed by atoms with Gasteiger partial charge in [0.05, 0.1) is 0 Å². The van der Waals surface area contributed by atoms with Gasteiger partial charge in [0.2, 0.25) is 0 Å². The minimum Gasteiger partial charge on any atom is -0.456 e. The summed E-state index contributed by atoms with van der Waals surface area (Å²) in [6.45, 7) is 0. The SMILES string of the molecule is [Ir].[c-]1cc(-c2cc(-c3ccccc3)c(-c3ccccc3)c(-c3ccccc3)c2-c2ccc3c(c2)oc2ccccc23)ccc1-c1ccc(-c2c(-c3ccccc3)c(-c3ccccc3)c(-c3ccccc3)c(-c3ccccc3)c2-c2ccc3c(c2)oc2ccccc23)cn1.[c-]1ccccc1-c1ccccn1. The number of rotatable bonds is 13. The van der Waals surface area contributed by atoms with Gasteiger partial charge in [-0.1, -0.05) is 302 Å². The van der Waals surface area contributed by atoms with Gasteiger partial charge in [-0.25, -0.2) is 0 Å². The van der Waals surface area contributed by atoms with Crippen molar-refractivity contribution in [2.75, 3.05) is 0 Å². The molecule has 19 aromatic rings. The molecule has 0 spiro atoms. The fourth-order valence-electron chi connectivity index (χ4n) is 15.0. The van der Waals surface area contributed by atoms with Gasteiger partial charge in [0.1, 0.15) is 22.3 Å². The molecule has 0 fully saturated rings. The van der Waals surface area contributed by atoms with Gasteiger partial charge in [0.25, 0.3) is 0 Å². The largest absolute Gasteiger partial charge is 0.456 e. The van der Waals surface area contributed by atoms with Gasteiger partial charge < -0.3 is 18.8 Å². The van der Waals surface area contributed by atoms with Gasteiger partial charge in [-0.3, -0.25) is 0 Å². The molecule has 4 heterocycles. The van der Waals surface area contributed by atoms with Gasteiger partial charge in [-0.15, -0.1) is 65.7 Å². The van der Waals surface area contributed by atoms with Crippen molar-refractivity contribution in [1.29, 1.82) is 0 Å². The molecule has 4 nitrogen and oxygen atoms in total. The Balaban J connectivity index is 0.000000568. The van der Waals surface area contributed by atoms with Crippen LogP contribution in [0.1, 0.15) is 0 Å². The second-order valence-corrected chi connectivity index (χ2v) is 25.9. The fourth-order valence-corrected chi connectivity index (χ4v) is 15.0. The molecule has 0 saturated carbocycles. The molecule has 19 rings (SSSR count). The Bertz CT molecular complexity index is 6220. The van der Waals surface area contributed by atoms with Crippen molar-refractivity contribution < 1.29 is 28.9 Å². The summed E-state index contributed by atoms with van der Waals surface area (Å²) in [6, 6.07) is 140. The first-order valence-electron chi connectivity index (χ1n) is 35.2. The van der Waals surface area contributed by atoms with Crippen molar-refractivity contribution in [1.82, 2.24) is 9.97 Å². The summed E-state index contributed by atoms with van der Waals surface area (Å²) in [5, 5.41) is 4.35. The quantitative estimate of drug-likeness (QED) is 0.108. The smallest absolute Gasteiger partial charge is 0.136 e. The Labute approximate surface area is 623 Å². The maximum absolute atomic E-state index is 6.74. The summed E-state index contributed by atoms with van der Waals surface area (Å²) < 4.78 is 13.4. The van der Waals surface area contributed by atoms with E-state index in [0.717, 1.165) is 189 Å². The van der Waals surface area contributed by atoms with Crippen LogP contribution in [0.2, 0.25) is 0 Å². The normalized spacial score (nSPS) is 11.2. The summed E-state index contributed by atoms with van der Waals surface area (Å²) in [6.07, 6.45) is 3.86. The Hall–Kier alpha value is -13.2. The summed E-state index contributed by atoms with van der Waals surface area (Å²) in [7, 11) is 0. The molecule has 105 heavy (non-hydrogen) atoms. The Morgan fingerprint density at radius 1 is 0.219 bits per heavy atom. The van der Waals surface area contributed by atoms with Crippen LogP contribution >= 0.6 is 0 Å². The molecule has 0 amide bonds. The van der Waals surface area contributed by atoms with E-state index in [4.69, 9.17) is 13.8 Å². The third-order valence-corrected chi connectivity index (χ3v) is 19.7. The van der Waals surface area contributed by atoms with Gasteiger partial charge >= 0.3 is 0 Å². The monoisotopic (exact) mass is 1520 g/mol. The third-order valence-electron chi connectivity index (χ3n) is 19.7. The number of hydrogen-bond acceptors (Lipinski definition) is 4. The molecular formula is C100H64IrN2O2-2. The number of nitrogens with zero attached hydrogens (tertiary/aromatic N) is 2. The third kappa shape index (κ3) is 12.6. The summed E-state index contributed by atoms with van der Waals surface area (Å²) in [5.74, 6) is 0. The molecule has 0 aliphatic rings. The van der Waals surface area contributed by atoms with Crippen LogP contribution in [0.5, 0.6) is 0 Å². The maximum Gasteiger partial charge on any atom is 0.136 e. The van der Waals surface area contributed by atoms with E-state index in [1.165, 1.54) is 0 Å². The summed E-state index contributed by atoms with van der Waals surface area (Å²) in [4.78, 5) is 9.68. The predicted octanol–water partition coefficient (Wildman–Crippen LogP) is 27.2. The van der Waals surface area contributed by atoms with Gasteiger partial charge in [-0.2, -0.15) is 0 Å². The van der Waals surface area contributed by atoms with Crippen molar-refractivity contribution in [2.45, 2.75) is 0 Å². The van der Waals surface area contributed by atoms with Gasteiger partial charge in [-0.05, 0) is 160 Å². The number of furan rings is 2. The number of para-hydroxylation sites is 2. The van der Waals surface area contributed by atoms with Gasteiger partial charge in [0, 0.05) is 59.6 Å². The number of aromatic nitrogens is 2. The van der Waals surface area contributed by atoms with E-state index in [0.29, 0.717) is 0 Å². The molecule has 0 saturated heterocycles. The van der Waals surface area contributed by atoms with Crippen molar-refractivity contribution in [3.8, 4) is 145 Å². The molecule has 0 atom stereocenters. The average molecular weight is 1520 g/mol. The van der Waals surface area contributed by atoms with E-state index in [1.54, 1.807) is 6.20 Å². The topological polar surface area (TPSA) is 52.1 Å². The van der Waals surface area contributed by atoms with Crippen LogP contribution in [-0.4, -0.2) is 9.97 Å². The molecular weight excluding hydrogens is 1450 g/mol. The fraction of sp³-hybridized carbons (Fsp3) is 0. The van der Waals surface area contributed by atoms with E-state index in [2.05, 4.69) is 339 Å². The number of benzene rings is 15. The zero-order valence-electron chi connectivity index (χ0n) is 57.0. The maximum atomic E-state index is 6.74. The zero-order chi connectivity index (χ0) is 69.1. The molecule has 5 heteroatoms.